The molecular formula is C25H33N5O4. The van der Waals surface area contributed by atoms with Crippen molar-refractivity contribution in [1.29, 1.82) is 0 Å². The number of rotatable bonds is 12. The lowest BCUT2D eigenvalue weighted by molar-refractivity contribution is 0.00938. The number of hydrogen-bond acceptors (Lipinski definition) is 6. The van der Waals surface area contributed by atoms with Crippen molar-refractivity contribution in [3.05, 3.63) is 74.8 Å². The molecule has 2 N–H and O–H groups in total. The van der Waals surface area contributed by atoms with Gasteiger partial charge in [-0.25, -0.2) is 9.48 Å². The van der Waals surface area contributed by atoms with Crippen LogP contribution >= 0.6 is 0 Å². The van der Waals surface area contributed by atoms with E-state index < -0.39 is 16.9 Å². The zero-order valence-electron chi connectivity index (χ0n) is 19.8. The Bertz CT molecular complexity index is 1210. The van der Waals surface area contributed by atoms with Gasteiger partial charge in [0, 0.05) is 18.8 Å². The van der Waals surface area contributed by atoms with Gasteiger partial charge in [0.05, 0.1) is 24.5 Å². The number of aromatic amines is 1. The Morgan fingerprint density at radius 3 is 2.82 bits per heavy atom. The number of unbranched alkanes of at least 4 members (excludes halogenated alkanes) is 1. The molecule has 1 fully saturated rings. The van der Waals surface area contributed by atoms with Crippen molar-refractivity contribution < 1.29 is 9.84 Å². The van der Waals surface area contributed by atoms with Gasteiger partial charge in [0.15, 0.2) is 0 Å². The van der Waals surface area contributed by atoms with E-state index in [-0.39, 0.29) is 6.10 Å². The molecular weight excluding hydrogens is 434 g/mol. The predicted molar refractivity (Wildman–Crippen MR) is 128 cm³/mol. The van der Waals surface area contributed by atoms with Gasteiger partial charge in [0.25, 0.3) is 5.56 Å². The third-order valence-corrected chi connectivity index (χ3v) is 6.65. The van der Waals surface area contributed by atoms with Gasteiger partial charge in [-0.05, 0) is 69.1 Å². The summed E-state index contributed by atoms with van der Waals surface area (Å²) in [5.74, 6) is 1.41. The molecule has 9 nitrogen and oxygen atoms in total. The molecule has 1 unspecified atom stereocenters. The number of aliphatic hydroxyl groups is 1. The molecule has 0 aliphatic heterocycles. The fraction of sp³-hybridized carbons (Fsp3) is 0.520. The standard InChI is InChI=1S/C25H33N5O4/c1-3-25(33,20-7-6-9-22(15-20)34-18(2)19-10-11-19)17-30-21(16-26-28-30)8-4-5-13-29-14-12-23(31)27-24(29)32/h6-7,9,12,14-16,18-19,33H,3-5,8,10-11,13,17H2,1-2H3,(H,27,31,32)/t18?,25-/m1/s1. The summed E-state index contributed by atoms with van der Waals surface area (Å²) < 4.78 is 9.36. The summed E-state index contributed by atoms with van der Waals surface area (Å²) in [7, 11) is 0. The van der Waals surface area contributed by atoms with E-state index in [1.54, 1.807) is 10.9 Å². The van der Waals surface area contributed by atoms with E-state index in [9.17, 15) is 14.7 Å². The molecule has 0 saturated heterocycles. The number of H-pyrrole nitrogens is 1. The normalized spacial score (nSPS) is 16.2. The van der Waals surface area contributed by atoms with Gasteiger partial charge >= 0.3 is 5.69 Å². The fourth-order valence-corrected chi connectivity index (χ4v) is 4.20. The first-order valence-electron chi connectivity index (χ1n) is 12.0. The number of nitrogens with zero attached hydrogens (tertiary/aromatic N) is 4. The third kappa shape index (κ3) is 5.83. The molecule has 1 saturated carbocycles. The van der Waals surface area contributed by atoms with Crippen LogP contribution in [0.4, 0.5) is 0 Å². The highest BCUT2D eigenvalue weighted by atomic mass is 16.5. The lowest BCUT2D eigenvalue weighted by atomic mass is 9.90. The summed E-state index contributed by atoms with van der Waals surface area (Å²) in [6, 6.07) is 9.06. The van der Waals surface area contributed by atoms with Crippen LogP contribution in [-0.2, 0) is 25.1 Å². The van der Waals surface area contributed by atoms with Crippen molar-refractivity contribution in [2.45, 2.75) is 77.2 Å². The Kier molecular flexibility index (Phi) is 7.31. The molecule has 1 aromatic carbocycles. The Morgan fingerprint density at radius 1 is 1.26 bits per heavy atom. The number of benzene rings is 1. The Hall–Kier alpha value is -3.20. The van der Waals surface area contributed by atoms with Crippen LogP contribution in [0.15, 0.2) is 52.3 Å². The van der Waals surface area contributed by atoms with E-state index in [1.807, 2.05) is 31.2 Å². The summed E-state index contributed by atoms with van der Waals surface area (Å²) in [4.78, 5) is 25.3. The van der Waals surface area contributed by atoms with Crippen LogP contribution in [0.3, 0.4) is 0 Å². The van der Waals surface area contributed by atoms with Crippen LogP contribution in [0.1, 0.15) is 57.2 Å². The molecule has 182 valence electrons. The minimum absolute atomic E-state index is 0.180. The molecule has 2 heterocycles. The average Bonchev–Trinajstić information content (AvgIpc) is 3.59. The molecule has 1 aliphatic carbocycles. The summed E-state index contributed by atoms with van der Waals surface area (Å²) in [6.45, 7) is 4.87. The van der Waals surface area contributed by atoms with E-state index in [0.717, 1.165) is 29.8 Å². The van der Waals surface area contributed by atoms with E-state index in [4.69, 9.17) is 4.74 Å². The molecule has 34 heavy (non-hydrogen) atoms. The topological polar surface area (TPSA) is 115 Å². The number of ether oxygens (including phenoxy) is 1. The SMILES string of the molecule is CC[C@@](O)(Cn1nncc1CCCCn1ccc(=O)[nH]c1=O)c1cccc(OC(C)C2CC2)c1. The highest BCUT2D eigenvalue weighted by molar-refractivity contribution is 5.32. The Balaban J connectivity index is 1.38. The molecule has 4 rings (SSSR count). The second kappa shape index (κ2) is 10.4. The first-order valence-corrected chi connectivity index (χ1v) is 12.0. The molecule has 0 amide bonds. The number of hydrogen-bond donors (Lipinski definition) is 2. The average molecular weight is 468 g/mol. The van der Waals surface area contributed by atoms with Crippen LogP contribution < -0.4 is 16.0 Å². The van der Waals surface area contributed by atoms with Crippen molar-refractivity contribution in [2.75, 3.05) is 0 Å². The molecule has 1 aliphatic rings. The van der Waals surface area contributed by atoms with Gasteiger partial charge in [-0.2, -0.15) is 0 Å². The smallest absolute Gasteiger partial charge is 0.328 e. The van der Waals surface area contributed by atoms with Gasteiger partial charge in [-0.15, -0.1) is 5.10 Å². The summed E-state index contributed by atoms with van der Waals surface area (Å²) >= 11 is 0. The highest BCUT2D eigenvalue weighted by Gasteiger charge is 2.31. The van der Waals surface area contributed by atoms with E-state index in [0.29, 0.717) is 31.8 Å². The lowest BCUT2D eigenvalue weighted by Gasteiger charge is -2.28. The van der Waals surface area contributed by atoms with Crippen LogP contribution in [0.2, 0.25) is 0 Å². The van der Waals surface area contributed by atoms with Gasteiger partial charge in [-0.3, -0.25) is 9.78 Å². The minimum Gasteiger partial charge on any atom is -0.490 e. The molecule has 2 aromatic heterocycles. The van der Waals surface area contributed by atoms with Crippen molar-refractivity contribution in [3.63, 3.8) is 0 Å². The number of aromatic nitrogens is 5. The van der Waals surface area contributed by atoms with Crippen LogP contribution in [-0.4, -0.2) is 35.8 Å². The second-order valence-corrected chi connectivity index (χ2v) is 9.22. The zero-order chi connectivity index (χ0) is 24.1. The molecule has 3 aromatic rings. The Labute approximate surface area is 198 Å². The van der Waals surface area contributed by atoms with Gasteiger partial charge in [0.2, 0.25) is 0 Å². The van der Waals surface area contributed by atoms with E-state index in [2.05, 4.69) is 22.2 Å². The van der Waals surface area contributed by atoms with Crippen molar-refractivity contribution in [2.24, 2.45) is 5.92 Å². The predicted octanol–water partition coefficient (Wildman–Crippen LogP) is 2.63. The maximum atomic E-state index is 11.8. The number of aryl methyl sites for hydroxylation is 2. The second-order valence-electron chi connectivity index (χ2n) is 9.22. The van der Waals surface area contributed by atoms with Gasteiger partial charge in [0.1, 0.15) is 11.4 Å². The monoisotopic (exact) mass is 467 g/mol. The molecule has 0 bridgehead atoms. The van der Waals surface area contributed by atoms with E-state index in [1.165, 1.54) is 29.7 Å². The zero-order valence-corrected chi connectivity index (χ0v) is 19.8. The number of nitrogens with one attached hydrogen (secondary N) is 1. The maximum absolute atomic E-state index is 11.8. The van der Waals surface area contributed by atoms with Crippen molar-refractivity contribution in [3.8, 4) is 5.75 Å². The quantitative estimate of drug-likeness (QED) is 0.396. The van der Waals surface area contributed by atoms with Crippen molar-refractivity contribution in [1.82, 2.24) is 24.5 Å². The third-order valence-electron chi connectivity index (χ3n) is 6.65. The van der Waals surface area contributed by atoms with Crippen molar-refractivity contribution >= 4 is 0 Å². The maximum Gasteiger partial charge on any atom is 0.328 e. The minimum atomic E-state index is -1.10. The van der Waals surface area contributed by atoms with Crippen LogP contribution in [0.25, 0.3) is 0 Å². The van der Waals surface area contributed by atoms with Crippen LogP contribution in [0, 0.1) is 5.92 Å². The lowest BCUT2D eigenvalue weighted by Crippen LogP contribution is -2.32. The fourth-order valence-electron chi connectivity index (χ4n) is 4.20. The van der Waals surface area contributed by atoms with Crippen LogP contribution in [0.5, 0.6) is 5.75 Å². The molecule has 9 heteroatoms. The molecule has 2 atom stereocenters. The summed E-state index contributed by atoms with van der Waals surface area (Å²) in [6.07, 6.45) is 8.65. The molecule has 0 radical (unpaired) electrons. The van der Waals surface area contributed by atoms with E-state index >= 15 is 0 Å². The molecule has 0 spiro atoms. The summed E-state index contributed by atoms with van der Waals surface area (Å²) in [5, 5.41) is 19.8. The first-order chi connectivity index (χ1) is 16.4. The highest BCUT2D eigenvalue weighted by Crippen LogP contribution is 2.36. The van der Waals surface area contributed by atoms with Gasteiger partial charge in [-0.1, -0.05) is 24.3 Å². The largest absolute Gasteiger partial charge is 0.490 e. The Morgan fingerprint density at radius 2 is 2.09 bits per heavy atom. The van der Waals surface area contributed by atoms with Gasteiger partial charge < -0.3 is 14.4 Å². The summed E-state index contributed by atoms with van der Waals surface area (Å²) in [5.41, 5.74) is -0.169. The first kappa shape index (κ1) is 23.9.